The molecule has 3 heterocycles. The average Bonchev–Trinajstić information content (AvgIpc) is 3.74. The van der Waals surface area contributed by atoms with Gasteiger partial charge in [-0.15, -0.1) is 11.3 Å². The van der Waals surface area contributed by atoms with Crippen molar-refractivity contribution in [3.05, 3.63) is 83.9 Å². The van der Waals surface area contributed by atoms with E-state index in [0.717, 1.165) is 50.7 Å². The van der Waals surface area contributed by atoms with E-state index in [1.807, 2.05) is 48.5 Å². The number of aliphatic carboxylic acids is 4. The van der Waals surface area contributed by atoms with E-state index in [4.69, 9.17) is 49.1 Å². The van der Waals surface area contributed by atoms with Crippen LogP contribution < -0.4 is 9.47 Å². The van der Waals surface area contributed by atoms with Gasteiger partial charge in [0.05, 0.1) is 0 Å². The number of carboxylic acid groups (broad SMARTS) is 4. The summed E-state index contributed by atoms with van der Waals surface area (Å²) in [6.45, 7) is 7.99. The van der Waals surface area contributed by atoms with Gasteiger partial charge in [0.2, 0.25) is 0 Å². The van der Waals surface area contributed by atoms with Crippen molar-refractivity contribution in [1.82, 2.24) is 9.80 Å². The smallest absolute Gasteiger partial charge is 0.414 e. The molecule has 2 fully saturated rings. The van der Waals surface area contributed by atoms with Crippen LogP contribution in [0.25, 0.3) is 20.5 Å². The van der Waals surface area contributed by atoms with Crippen molar-refractivity contribution < 1.29 is 53.9 Å². The van der Waals surface area contributed by atoms with E-state index >= 15 is 0 Å². The maximum absolute atomic E-state index is 13.9. The zero-order valence-electron chi connectivity index (χ0n) is 29.3. The summed E-state index contributed by atoms with van der Waals surface area (Å²) in [6.07, 6.45) is 7.84. The lowest BCUT2D eigenvalue weighted by atomic mass is 9.97. The fourth-order valence-electron chi connectivity index (χ4n) is 5.97. The molecule has 0 radical (unpaired) electrons. The molecular formula is C39H44N2O11S. The summed E-state index contributed by atoms with van der Waals surface area (Å²) in [4.78, 5) is 56.3. The number of nitrogens with zero attached hydrogens (tertiary/aromatic N) is 2. The van der Waals surface area contributed by atoms with Gasteiger partial charge in [-0.1, -0.05) is 31.0 Å². The monoisotopic (exact) mass is 748 g/mol. The molecule has 2 aliphatic heterocycles. The summed E-state index contributed by atoms with van der Waals surface area (Å²) in [5, 5.41) is 30.6. The van der Waals surface area contributed by atoms with E-state index in [-0.39, 0.29) is 5.78 Å². The molecule has 0 bridgehead atoms. The van der Waals surface area contributed by atoms with Gasteiger partial charge in [-0.05, 0) is 112 Å². The molecule has 0 atom stereocenters. The van der Waals surface area contributed by atoms with Crippen LogP contribution >= 0.6 is 11.3 Å². The van der Waals surface area contributed by atoms with Crippen LogP contribution in [0, 0.1) is 0 Å². The van der Waals surface area contributed by atoms with Crippen molar-refractivity contribution in [1.29, 1.82) is 0 Å². The Balaban J connectivity index is 0.000000453. The highest BCUT2D eigenvalue weighted by atomic mass is 32.1. The first-order chi connectivity index (χ1) is 25.5. The Kier molecular flexibility index (Phi) is 15.8. The van der Waals surface area contributed by atoms with Crippen LogP contribution in [0.4, 0.5) is 0 Å². The minimum atomic E-state index is -1.82. The van der Waals surface area contributed by atoms with Crippen molar-refractivity contribution in [2.75, 3.05) is 52.5 Å². The Labute approximate surface area is 311 Å². The van der Waals surface area contributed by atoms with Crippen LogP contribution in [0.5, 0.6) is 11.5 Å². The maximum atomic E-state index is 13.9. The van der Waals surface area contributed by atoms with E-state index in [9.17, 15) is 4.79 Å². The molecule has 0 saturated carbocycles. The molecular weight excluding hydrogens is 704 g/mol. The first-order valence-corrected chi connectivity index (χ1v) is 18.2. The Morgan fingerprint density at radius 1 is 0.566 bits per heavy atom. The minimum Gasteiger partial charge on any atom is -0.492 e. The standard InChI is InChI=1S/C35H40N2O3S.2C2H2O4/c38-34(27-11-15-29(16-12-27)39-25-23-36-19-5-1-2-6-20-36)33-31-9-3-4-10-32(31)41-35(33)28-13-17-30(18-14-28)40-26-24-37-21-7-8-22-37;2*3-1(4)2(5)6/h3-4,9-18H,1-2,5-8,19-26H2;2*(H,3,4)(H,5,6). The fraction of sp³-hybridized carbons (Fsp3) is 0.359. The van der Waals surface area contributed by atoms with Crippen LogP contribution in [0.3, 0.4) is 0 Å². The highest BCUT2D eigenvalue weighted by Crippen LogP contribution is 2.40. The Bertz CT molecular complexity index is 1780. The Morgan fingerprint density at radius 2 is 1.00 bits per heavy atom. The summed E-state index contributed by atoms with van der Waals surface area (Å²) in [7, 11) is 0. The molecule has 14 heteroatoms. The molecule has 4 N–H and O–H groups in total. The van der Waals surface area contributed by atoms with E-state index < -0.39 is 23.9 Å². The molecule has 0 spiro atoms. The van der Waals surface area contributed by atoms with Gasteiger partial charge in [-0.25, -0.2) is 19.2 Å². The van der Waals surface area contributed by atoms with Crippen molar-refractivity contribution in [3.63, 3.8) is 0 Å². The lowest BCUT2D eigenvalue weighted by molar-refractivity contribution is -0.159. The topological polar surface area (TPSA) is 191 Å². The molecule has 282 valence electrons. The number of ketones is 1. The Hall–Kier alpha value is -5.31. The molecule has 0 amide bonds. The number of thiophene rings is 1. The molecule has 1 aromatic heterocycles. The molecule has 53 heavy (non-hydrogen) atoms. The van der Waals surface area contributed by atoms with Gasteiger partial charge in [0.1, 0.15) is 24.7 Å². The second kappa shape index (κ2) is 20.7. The van der Waals surface area contributed by atoms with E-state index in [1.165, 1.54) is 64.7 Å². The van der Waals surface area contributed by atoms with Crippen LogP contribution in [0.15, 0.2) is 72.8 Å². The highest BCUT2D eigenvalue weighted by molar-refractivity contribution is 7.22. The number of hydrogen-bond donors (Lipinski definition) is 4. The lowest BCUT2D eigenvalue weighted by Crippen LogP contribution is -2.29. The molecule has 2 aliphatic rings. The average molecular weight is 749 g/mol. The molecule has 0 unspecified atom stereocenters. The van der Waals surface area contributed by atoms with Gasteiger partial charge in [0.15, 0.2) is 5.78 Å². The van der Waals surface area contributed by atoms with Crippen molar-refractivity contribution >= 4 is 51.1 Å². The van der Waals surface area contributed by atoms with Gasteiger partial charge in [0, 0.05) is 39.2 Å². The molecule has 0 aliphatic carbocycles. The summed E-state index contributed by atoms with van der Waals surface area (Å²) < 4.78 is 13.2. The number of fused-ring (bicyclic) bond motifs is 1. The third-order valence-corrected chi connectivity index (χ3v) is 9.89. The number of benzene rings is 3. The predicted molar refractivity (Wildman–Crippen MR) is 199 cm³/mol. The van der Waals surface area contributed by atoms with E-state index in [2.05, 4.69) is 34.1 Å². The molecule has 4 aromatic rings. The van der Waals surface area contributed by atoms with Crippen LogP contribution in [0.2, 0.25) is 0 Å². The summed E-state index contributed by atoms with van der Waals surface area (Å²) in [5.41, 5.74) is 2.48. The third-order valence-electron chi connectivity index (χ3n) is 8.67. The van der Waals surface area contributed by atoms with Crippen molar-refractivity contribution in [3.8, 4) is 21.9 Å². The first-order valence-electron chi connectivity index (χ1n) is 17.4. The summed E-state index contributed by atoms with van der Waals surface area (Å²) in [6, 6.07) is 24.0. The van der Waals surface area contributed by atoms with E-state index in [0.29, 0.717) is 18.8 Å². The minimum absolute atomic E-state index is 0.0412. The molecule has 13 nitrogen and oxygen atoms in total. The number of carbonyl (C=O) groups is 5. The number of likely N-dealkylation sites (tertiary alicyclic amines) is 2. The van der Waals surface area contributed by atoms with E-state index in [1.54, 1.807) is 11.3 Å². The quantitative estimate of drug-likeness (QED) is 0.106. The second-order valence-electron chi connectivity index (χ2n) is 12.4. The Morgan fingerprint density at radius 3 is 1.47 bits per heavy atom. The van der Waals surface area contributed by atoms with Crippen LogP contribution in [-0.2, 0) is 19.2 Å². The zero-order chi connectivity index (χ0) is 38.2. The number of hydrogen-bond acceptors (Lipinski definition) is 10. The normalized spacial score (nSPS) is 14.5. The number of ether oxygens (including phenoxy) is 2. The van der Waals surface area contributed by atoms with Gasteiger partial charge >= 0.3 is 23.9 Å². The molecule has 3 aromatic carbocycles. The van der Waals surface area contributed by atoms with Gasteiger partial charge in [0.25, 0.3) is 0 Å². The van der Waals surface area contributed by atoms with Gasteiger partial charge in [-0.3, -0.25) is 14.6 Å². The molecule has 6 rings (SSSR count). The maximum Gasteiger partial charge on any atom is 0.414 e. The largest absolute Gasteiger partial charge is 0.492 e. The first kappa shape index (κ1) is 40.5. The highest BCUT2D eigenvalue weighted by Gasteiger charge is 2.22. The number of carbonyl (C=O) groups excluding carboxylic acids is 1. The zero-order valence-corrected chi connectivity index (χ0v) is 30.1. The summed E-state index contributed by atoms with van der Waals surface area (Å²) in [5.74, 6) is -5.57. The summed E-state index contributed by atoms with van der Waals surface area (Å²) >= 11 is 1.67. The fourth-order valence-corrected chi connectivity index (χ4v) is 7.18. The van der Waals surface area contributed by atoms with Crippen molar-refractivity contribution in [2.24, 2.45) is 0 Å². The van der Waals surface area contributed by atoms with Gasteiger partial charge < -0.3 is 29.9 Å². The number of carboxylic acids is 4. The third kappa shape index (κ3) is 12.7. The lowest BCUT2D eigenvalue weighted by Gasteiger charge is -2.19. The van der Waals surface area contributed by atoms with Crippen LogP contribution in [0.1, 0.15) is 54.4 Å². The van der Waals surface area contributed by atoms with Crippen molar-refractivity contribution in [2.45, 2.75) is 38.5 Å². The number of rotatable bonds is 11. The van der Waals surface area contributed by atoms with Gasteiger partial charge in [-0.2, -0.15) is 0 Å². The molecule has 2 saturated heterocycles. The van der Waals surface area contributed by atoms with Crippen LogP contribution in [-0.4, -0.2) is 112 Å². The SMILES string of the molecule is O=C(O)C(=O)O.O=C(O)C(=O)O.O=C(c1ccc(OCCN2CCCCCC2)cc1)c1c(-c2ccc(OCCN3CCCC3)cc2)sc2ccccc12. The predicted octanol–water partition coefficient (Wildman–Crippen LogP) is 5.84. The second-order valence-corrected chi connectivity index (χ2v) is 13.5.